The lowest BCUT2D eigenvalue weighted by Crippen LogP contribution is -2.46. The highest BCUT2D eigenvalue weighted by Gasteiger charge is 2.23. The molecule has 0 aliphatic carbocycles. The van der Waals surface area contributed by atoms with E-state index in [-0.39, 0.29) is 12.5 Å². The number of nitrogens with one attached hydrogen (secondary N) is 1. The highest BCUT2D eigenvalue weighted by molar-refractivity contribution is 6.45. The van der Waals surface area contributed by atoms with Gasteiger partial charge in [0.05, 0.1) is 5.56 Å². The van der Waals surface area contributed by atoms with Gasteiger partial charge in [-0.2, -0.15) is 0 Å². The summed E-state index contributed by atoms with van der Waals surface area (Å²) in [7, 11) is 0. The third kappa shape index (κ3) is 6.49. The van der Waals surface area contributed by atoms with Gasteiger partial charge in [-0.25, -0.2) is 0 Å². The van der Waals surface area contributed by atoms with Crippen LogP contribution in [0.3, 0.4) is 0 Å². The van der Waals surface area contributed by atoms with Crippen molar-refractivity contribution >= 4 is 28.5 Å². The molecule has 0 saturated carbocycles. The van der Waals surface area contributed by atoms with Gasteiger partial charge in [0.1, 0.15) is 6.54 Å². The second kappa shape index (κ2) is 12.3. The van der Waals surface area contributed by atoms with Gasteiger partial charge < -0.3 is 24.6 Å². The largest absolute Gasteiger partial charge is 0.349 e. The Kier molecular flexibility index (Phi) is 8.93. The van der Waals surface area contributed by atoms with Crippen LogP contribution < -0.4 is 5.32 Å². The molecule has 2 amide bonds. The molecule has 2 fully saturated rings. The quantitative estimate of drug-likeness (QED) is 0.338. The molecule has 8 heteroatoms. The van der Waals surface area contributed by atoms with Crippen molar-refractivity contribution in [3.05, 3.63) is 36.0 Å². The lowest BCUT2D eigenvalue weighted by atomic mass is 10.1. The first-order valence-electron chi connectivity index (χ1n) is 13.2. The monoisotopic (exact) mass is 481 g/mol. The molecule has 0 unspecified atom stereocenters. The van der Waals surface area contributed by atoms with Gasteiger partial charge >= 0.3 is 0 Å². The van der Waals surface area contributed by atoms with Gasteiger partial charge in [-0.15, -0.1) is 0 Å². The van der Waals surface area contributed by atoms with Crippen molar-refractivity contribution in [2.75, 3.05) is 58.9 Å². The summed E-state index contributed by atoms with van der Waals surface area (Å²) in [4.78, 5) is 45.4. The number of hydrogen-bond acceptors (Lipinski definition) is 5. The number of nitrogens with zero attached hydrogens (tertiary/aromatic N) is 4. The number of likely N-dealkylation sites (N-methyl/N-ethyl adjacent to an activating group) is 1. The van der Waals surface area contributed by atoms with Crippen molar-refractivity contribution in [1.29, 1.82) is 0 Å². The fourth-order valence-electron chi connectivity index (χ4n) is 5.16. The number of carbonyl (C=O) groups is 3. The number of rotatable bonds is 9. The van der Waals surface area contributed by atoms with Gasteiger partial charge in [0.2, 0.25) is 5.91 Å². The number of carbonyl (C=O) groups excluding carboxylic acids is 3. The zero-order valence-electron chi connectivity index (χ0n) is 21.0. The number of amides is 2. The van der Waals surface area contributed by atoms with Crippen LogP contribution in [0.15, 0.2) is 30.5 Å². The first kappa shape index (κ1) is 25.4. The molecule has 4 rings (SSSR count). The SMILES string of the molecule is CCN1CCN(CCCNC(=O)C(=O)c2cn(CC(=O)N3CCCCCC3)c3ccccc23)CC1. The molecule has 1 aromatic carbocycles. The zero-order chi connectivity index (χ0) is 24.6. The Morgan fingerprint density at radius 3 is 2.29 bits per heavy atom. The number of piperazine rings is 1. The van der Waals surface area contributed by atoms with Crippen molar-refractivity contribution in [3.8, 4) is 0 Å². The van der Waals surface area contributed by atoms with E-state index in [1.165, 1.54) is 12.8 Å². The Morgan fingerprint density at radius 2 is 1.57 bits per heavy atom. The number of likely N-dealkylation sites (tertiary alicyclic amines) is 1. The minimum atomic E-state index is -0.581. The maximum absolute atomic E-state index is 13.0. The van der Waals surface area contributed by atoms with Crippen LogP contribution in [0.4, 0.5) is 0 Å². The van der Waals surface area contributed by atoms with E-state index in [2.05, 4.69) is 22.0 Å². The summed E-state index contributed by atoms with van der Waals surface area (Å²) in [5, 5.41) is 3.52. The number of hydrogen-bond donors (Lipinski definition) is 1. The summed E-state index contributed by atoms with van der Waals surface area (Å²) in [5.74, 6) is -1.06. The third-order valence-corrected chi connectivity index (χ3v) is 7.35. The second-order valence-electron chi connectivity index (χ2n) is 9.70. The van der Waals surface area contributed by atoms with Gasteiger partial charge in [0.15, 0.2) is 0 Å². The zero-order valence-corrected chi connectivity index (χ0v) is 21.0. The topological polar surface area (TPSA) is 77.9 Å². The molecule has 3 heterocycles. The number of benzene rings is 1. The van der Waals surface area contributed by atoms with E-state index in [4.69, 9.17) is 0 Å². The summed E-state index contributed by atoms with van der Waals surface area (Å²) in [5.41, 5.74) is 1.16. The number of para-hydroxylation sites is 1. The van der Waals surface area contributed by atoms with Gasteiger partial charge in [0, 0.05) is 62.9 Å². The molecule has 190 valence electrons. The van der Waals surface area contributed by atoms with Crippen molar-refractivity contribution in [3.63, 3.8) is 0 Å². The Hall–Kier alpha value is -2.71. The summed E-state index contributed by atoms with van der Waals surface area (Å²) < 4.78 is 1.82. The van der Waals surface area contributed by atoms with Crippen LogP contribution in [0, 0.1) is 0 Å². The molecule has 35 heavy (non-hydrogen) atoms. The first-order valence-corrected chi connectivity index (χ1v) is 13.2. The lowest BCUT2D eigenvalue weighted by molar-refractivity contribution is -0.131. The molecule has 2 aliphatic heterocycles. The molecule has 0 atom stereocenters. The minimum Gasteiger partial charge on any atom is -0.349 e. The maximum atomic E-state index is 13.0. The maximum Gasteiger partial charge on any atom is 0.292 e. The van der Waals surface area contributed by atoms with Gasteiger partial charge in [-0.3, -0.25) is 14.4 Å². The minimum absolute atomic E-state index is 0.0656. The molecule has 0 radical (unpaired) electrons. The Labute approximate surface area is 208 Å². The van der Waals surface area contributed by atoms with E-state index in [1.807, 2.05) is 33.7 Å². The van der Waals surface area contributed by atoms with E-state index in [0.29, 0.717) is 17.5 Å². The van der Waals surface area contributed by atoms with Gasteiger partial charge in [0.25, 0.3) is 11.7 Å². The predicted octanol–water partition coefficient (Wildman–Crippen LogP) is 2.37. The average Bonchev–Trinajstić information content (AvgIpc) is 3.05. The molecule has 0 bridgehead atoms. The molecule has 1 aromatic heterocycles. The molecule has 1 N–H and O–H groups in total. The summed E-state index contributed by atoms with van der Waals surface area (Å²) in [6.07, 6.45) is 6.90. The molecule has 8 nitrogen and oxygen atoms in total. The molecular formula is C27H39N5O3. The van der Waals surface area contributed by atoms with Crippen molar-refractivity contribution in [2.24, 2.45) is 0 Å². The van der Waals surface area contributed by atoms with E-state index >= 15 is 0 Å². The Morgan fingerprint density at radius 1 is 0.886 bits per heavy atom. The molecule has 2 saturated heterocycles. The smallest absolute Gasteiger partial charge is 0.292 e. The van der Waals surface area contributed by atoms with Crippen molar-refractivity contribution < 1.29 is 14.4 Å². The number of Topliss-reactive ketones (excluding diaryl/α,β-unsaturated/α-hetero) is 1. The van der Waals surface area contributed by atoms with E-state index in [9.17, 15) is 14.4 Å². The average molecular weight is 482 g/mol. The third-order valence-electron chi connectivity index (χ3n) is 7.35. The molecular weight excluding hydrogens is 442 g/mol. The summed E-state index contributed by atoms with van der Waals surface area (Å²) in [6.45, 7) is 10.7. The fraction of sp³-hybridized carbons (Fsp3) is 0.593. The standard InChI is InChI=1S/C27H39N5O3/c1-2-29-16-18-30(19-17-29)13-9-12-28-27(35)26(34)23-20-32(24-11-6-5-10-22(23)24)21-25(33)31-14-7-3-4-8-15-31/h5-6,10-11,20H,2-4,7-9,12-19,21H2,1H3,(H,28,35). The molecule has 2 aliphatic rings. The van der Waals surface area contributed by atoms with Gasteiger partial charge in [-0.1, -0.05) is 38.0 Å². The highest BCUT2D eigenvalue weighted by atomic mass is 16.2. The van der Waals surface area contributed by atoms with Crippen LogP contribution in [-0.4, -0.2) is 95.8 Å². The summed E-state index contributed by atoms with van der Waals surface area (Å²) in [6, 6.07) is 7.50. The van der Waals surface area contributed by atoms with E-state index < -0.39 is 11.7 Å². The molecule has 0 spiro atoms. The van der Waals surface area contributed by atoms with Crippen LogP contribution in [0.2, 0.25) is 0 Å². The fourth-order valence-corrected chi connectivity index (χ4v) is 5.16. The van der Waals surface area contributed by atoms with Crippen molar-refractivity contribution in [2.45, 2.75) is 45.6 Å². The van der Waals surface area contributed by atoms with Crippen LogP contribution in [0.5, 0.6) is 0 Å². The second-order valence-corrected chi connectivity index (χ2v) is 9.70. The van der Waals surface area contributed by atoms with Crippen LogP contribution >= 0.6 is 0 Å². The first-order chi connectivity index (χ1) is 17.1. The van der Waals surface area contributed by atoms with Crippen LogP contribution in [-0.2, 0) is 16.1 Å². The lowest BCUT2D eigenvalue weighted by Gasteiger charge is -2.33. The molecule has 2 aromatic rings. The normalized spacial score (nSPS) is 17.9. The van der Waals surface area contributed by atoms with Crippen LogP contribution in [0.25, 0.3) is 10.9 Å². The number of fused-ring (bicyclic) bond motifs is 1. The Balaban J connectivity index is 1.34. The summed E-state index contributed by atoms with van der Waals surface area (Å²) >= 11 is 0. The highest BCUT2D eigenvalue weighted by Crippen LogP contribution is 2.22. The Bertz CT molecular complexity index is 1020. The predicted molar refractivity (Wildman–Crippen MR) is 137 cm³/mol. The van der Waals surface area contributed by atoms with Gasteiger partial charge in [-0.05, 0) is 38.4 Å². The van der Waals surface area contributed by atoms with E-state index in [0.717, 1.165) is 77.1 Å². The van der Waals surface area contributed by atoms with Crippen LogP contribution in [0.1, 0.15) is 49.4 Å². The number of ketones is 1. The van der Waals surface area contributed by atoms with Crippen molar-refractivity contribution in [1.82, 2.24) is 24.6 Å². The van der Waals surface area contributed by atoms with E-state index in [1.54, 1.807) is 6.20 Å². The number of aromatic nitrogens is 1.